The lowest BCUT2D eigenvalue weighted by Gasteiger charge is -2.21. The molecule has 6 aromatic rings. The molecule has 0 aliphatic heterocycles. The van der Waals surface area contributed by atoms with Crippen molar-refractivity contribution in [2.45, 2.75) is 26.2 Å². The molecular weight excluding hydrogens is 804 g/mol. The lowest BCUT2D eigenvalue weighted by Crippen LogP contribution is -2.45. The molecule has 62 heavy (non-hydrogen) atoms. The highest BCUT2D eigenvalue weighted by molar-refractivity contribution is 6.85. The number of nitrogens with zero attached hydrogens (tertiary/aromatic N) is 1. The van der Waals surface area contributed by atoms with Gasteiger partial charge in [-0.15, -0.1) is 0 Å². The summed E-state index contributed by atoms with van der Waals surface area (Å²) in [5.41, 5.74) is -2.22. The lowest BCUT2D eigenvalue weighted by molar-refractivity contribution is -0.113. The van der Waals surface area contributed by atoms with Crippen LogP contribution in [0, 0.1) is 5.41 Å². The first-order valence-electron chi connectivity index (χ1n) is 19.1. The Kier molecular flexibility index (Phi) is 15.4. The fraction of sp³-hybridized carbons (Fsp3) is 0.0833. The predicted octanol–water partition coefficient (Wildman–Crippen LogP) is 8.90. The zero-order valence-corrected chi connectivity index (χ0v) is 33.4. The molecule has 0 atom stereocenters. The summed E-state index contributed by atoms with van der Waals surface area (Å²) in [6.07, 6.45) is -9.97. The Bertz CT molecular complexity index is 2460. The second kappa shape index (κ2) is 20.9. The van der Waals surface area contributed by atoms with Crippen LogP contribution in [0.25, 0.3) is 5.76 Å². The van der Waals surface area contributed by atoms with Crippen LogP contribution < -0.4 is 21.9 Å². The van der Waals surface area contributed by atoms with Crippen molar-refractivity contribution in [2.75, 3.05) is 0 Å². The maximum atomic E-state index is 14.2. The number of aliphatic hydroxyl groups excluding tert-OH is 1. The molecule has 0 radical (unpaired) electrons. The van der Waals surface area contributed by atoms with Gasteiger partial charge in [0.2, 0.25) is 0 Å². The third-order valence-corrected chi connectivity index (χ3v) is 9.28. The van der Waals surface area contributed by atoms with Crippen molar-refractivity contribution in [3.8, 4) is 0 Å². The minimum atomic E-state index is -5.00. The molecule has 0 bridgehead atoms. The summed E-state index contributed by atoms with van der Waals surface area (Å²) in [5.74, 6) is -2.88. The number of benzene rings is 6. The molecule has 312 valence electrons. The number of hydrogen-bond donors (Lipinski definition) is 2. The van der Waals surface area contributed by atoms with E-state index in [0.717, 1.165) is 6.92 Å². The summed E-state index contributed by atoms with van der Waals surface area (Å²) >= 11 is 0. The maximum Gasteiger partial charge on any atom is 0.433 e. The van der Waals surface area contributed by atoms with Crippen molar-refractivity contribution >= 4 is 64.4 Å². The predicted molar refractivity (Wildman–Crippen MR) is 234 cm³/mol. The van der Waals surface area contributed by atoms with Crippen LogP contribution in [0.3, 0.4) is 0 Å². The van der Waals surface area contributed by atoms with Crippen LogP contribution in [0.2, 0.25) is 0 Å². The fourth-order valence-corrected chi connectivity index (χ4v) is 6.35. The van der Waals surface area contributed by atoms with Gasteiger partial charge in [-0.25, -0.2) is 0 Å². The van der Waals surface area contributed by atoms with Gasteiger partial charge in [0.15, 0.2) is 17.3 Å². The molecule has 14 heteroatoms. The Morgan fingerprint density at radius 1 is 0.532 bits per heavy atom. The number of nitrogens with one attached hydrogen (secondary N) is 1. The number of Topliss-reactive ketones (excluding diaryl/α,β-unsaturated/α-hetero) is 2. The van der Waals surface area contributed by atoms with Gasteiger partial charge in [0.25, 0.3) is 0 Å². The second-order valence-corrected chi connectivity index (χ2v) is 13.7. The van der Waals surface area contributed by atoms with Gasteiger partial charge in [-0.1, -0.05) is 182 Å². The number of carbonyl (C=O) groups excluding carboxylic acids is 2. The van der Waals surface area contributed by atoms with E-state index in [9.17, 15) is 41.0 Å². The van der Waals surface area contributed by atoms with E-state index in [4.69, 9.17) is 10.1 Å². The van der Waals surface area contributed by atoms with Gasteiger partial charge in [-0.2, -0.15) is 26.3 Å². The summed E-state index contributed by atoms with van der Waals surface area (Å²) in [7, 11) is 0. The zero-order chi connectivity index (χ0) is 44.9. The highest BCUT2D eigenvalue weighted by Crippen LogP contribution is 2.29. The Hall–Kier alpha value is -7.21. The third-order valence-electron chi connectivity index (χ3n) is 9.28. The number of alkyl halides is 6. The molecule has 0 amide bonds. The normalized spacial score (nSPS) is 12.4. The highest BCUT2D eigenvalue weighted by atomic mass is 19.4. The van der Waals surface area contributed by atoms with E-state index in [2.05, 4.69) is 4.90 Å². The molecule has 6 nitrogen and oxygen atoms in total. The van der Waals surface area contributed by atoms with Gasteiger partial charge < -0.3 is 14.7 Å². The second-order valence-electron chi connectivity index (χ2n) is 13.7. The van der Waals surface area contributed by atoms with E-state index < -0.39 is 66.0 Å². The summed E-state index contributed by atoms with van der Waals surface area (Å²) in [4.78, 5) is 29.3. The number of carbonyl (C=O) groups is 2. The molecule has 0 saturated heterocycles. The van der Waals surface area contributed by atoms with E-state index >= 15 is 0 Å². The molecule has 6 rings (SSSR count). The molecule has 0 saturated carbocycles. The molecule has 0 spiro atoms. The van der Waals surface area contributed by atoms with E-state index in [-0.39, 0.29) is 16.9 Å². The van der Waals surface area contributed by atoms with Crippen molar-refractivity contribution in [3.05, 3.63) is 210 Å². The fourth-order valence-electron chi connectivity index (χ4n) is 6.35. The minimum absolute atomic E-state index is 0.0467. The molecule has 6 aromatic carbocycles. The lowest BCUT2D eigenvalue weighted by atomic mass is 9.51. The number of hydrogen-bond acceptors (Lipinski definition) is 6. The van der Waals surface area contributed by atoms with Gasteiger partial charge in [0.05, 0.1) is 16.9 Å². The molecule has 2 N–H and O–H groups in total. The number of rotatable bonds is 13. The van der Waals surface area contributed by atoms with Crippen LogP contribution >= 0.6 is 0 Å². The van der Waals surface area contributed by atoms with Gasteiger partial charge in [0, 0.05) is 11.1 Å². The van der Waals surface area contributed by atoms with Gasteiger partial charge in [0.1, 0.15) is 11.5 Å². The van der Waals surface area contributed by atoms with Crippen LogP contribution in [0.1, 0.15) is 29.8 Å². The highest BCUT2D eigenvalue weighted by Gasteiger charge is 2.43. The van der Waals surface area contributed by atoms with Gasteiger partial charge >= 0.3 is 26.1 Å². The van der Waals surface area contributed by atoms with Crippen LogP contribution in [0.4, 0.5) is 26.3 Å². The summed E-state index contributed by atoms with van der Waals surface area (Å²) < 4.78 is 88.8. The van der Waals surface area contributed by atoms with E-state index in [1.807, 2.05) is 12.1 Å². The largest absolute Gasteiger partial charge is 0.554 e. The van der Waals surface area contributed by atoms with Crippen molar-refractivity contribution in [1.82, 2.24) is 0 Å². The topological polar surface area (TPSA) is 99.8 Å². The number of halogens is 6. The number of allylic oxidation sites excluding steroid dienone is 3. The van der Waals surface area contributed by atoms with Gasteiger partial charge in [-0.05, 0) is 35.7 Å². The van der Waals surface area contributed by atoms with Crippen LogP contribution in [-0.4, -0.2) is 54.2 Å². The summed E-state index contributed by atoms with van der Waals surface area (Å²) in [5, 5.41) is 18.3. The first kappa shape index (κ1) is 45.9. The molecule has 0 unspecified atom stereocenters. The summed E-state index contributed by atoms with van der Waals surface area (Å²) in [6.45, 7) is 0.504. The Morgan fingerprint density at radius 2 is 0.887 bits per heavy atom. The first-order valence-corrected chi connectivity index (χ1v) is 19.1. The van der Waals surface area contributed by atoms with Crippen LogP contribution in [0.15, 0.2) is 204 Å². The molecule has 0 aromatic heterocycles. The van der Waals surface area contributed by atoms with Crippen molar-refractivity contribution < 1.29 is 45.7 Å². The van der Waals surface area contributed by atoms with Crippen LogP contribution in [-0.2, 0) is 9.45 Å². The van der Waals surface area contributed by atoms with Gasteiger partial charge in [-0.3, -0.25) is 15.0 Å². The molecule has 0 aliphatic carbocycles. The van der Waals surface area contributed by atoms with Crippen molar-refractivity contribution in [3.63, 3.8) is 0 Å². The monoisotopic (exact) mass is 842 g/mol. The summed E-state index contributed by atoms with van der Waals surface area (Å²) in [6, 6.07) is 50.2. The smallest absolute Gasteiger partial charge is 0.433 e. The van der Waals surface area contributed by atoms with Crippen molar-refractivity contribution in [1.29, 1.82) is 5.41 Å². The average Bonchev–Trinajstić information content (AvgIpc) is 3.28. The Balaban J connectivity index is 0.000000234. The Labute approximate surface area is 355 Å². The molecule has 0 fully saturated rings. The minimum Gasteiger partial charge on any atom is -0.554 e. The van der Waals surface area contributed by atoms with E-state index in [1.54, 1.807) is 146 Å². The Morgan fingerprint density at radius 3 is 1.24 bits per heavy atom. The first-order chi connectivity index (χ1) is 29.6. The third kappa shape index (κ3) is 12.0. The zero-order valence-electron chi connectivity index (χ0n) is 33.4. The SMILES string of the molecule is C/C(OB(c1ccccc1)c1ccccc1)=C(/C(=N)C(F)(F)F)C(=O)c1ccccc1.CC(=O)C(/C(=N/B(c1ccccc1)c1ccccc1)C(F)(F)F)=C(/O)c1ccccc1. The molecule has 0 aliphatic rings. The van der Waals surface area contributed by atoms with E-state index in [0.29, 0.717) is 21.9 Å². The van der Waals surface area contributed by atoms with E-state index in [1.165, 1.54) is 31.2 Å². The standard InChI is InChI=1S/2C24H19BF3NO2/c1-17(21(23(29)24(26,27)28)22(30)18-11-5-2-6-12-18)31-25(19-13-7-3-8-14-19)20-15-9-4-10-16-20;1-17(30)21(22(31)18-11-5-2-6-12-18)23(24(26,27)28)29-25(19-13-7-3-8-14-19)20-15-9-4-10-16-20/h2-16,29H,1H3;2-16,31H,1H3/b21-17-,29-23?;22-21-,29-23-. The van der Waals surface area contributed by atoms with Crippen molar-refractivity contribution in [2.24, 2.45) is 4.90 Å². The quantitative estimate of drug-likeness (QED) is 0.0303. The molecule has 0 heterocycles. The average molecular weight is 842 g/mol. The number of aliphatic hydroxyl groups is 1. The number of ketones is 2. The maximum absolute atomic E-state index is 14.2. The van der Waals surface area contributed by atoms with Crippen LogP contribution in [0.5, 0.6) is 0 Å². The molecular formula is C48H38B2F6N2O4.